The van der Waals surface area contributed by atoms with E-state index in [2.05, 4.69) is 5.32 Å². The number of hydrogen-bond acceptors (Lipinski definition) is 4. The fourth-order valence-electron chi connectivity index (χ4n) is 2.38. The SMILES string of the molecule is COc1ccc(C[NH+](C)CC(=O)Nc2ccc(Cl)cc2[N+](=O)[O-])cc1. The molecule has 0 radical (unpaired) electrons. The van der Waals surface area contributed by atoms with Crippen molar-refractivity contribution in [3.8, 4) is 5.75 Å². The van der Waals surface area contributed by atoms with Crippen LogP contribution in [0.2, 0.25) is 5.02 Å². The van der Waals surface area contributed by atoms with E-state index in [0.29, 0.717) is 6.54 Å². The van der Waals surface area contributed by atoms with Crippen molar-refractivity contribution in [1.29, 1.82) is 0 Å². The molecule has 1 amide bonds. The summed E-state index contributed by atoms with van der Waals surface area (Å²) in [4.78, 5) is 23.6. The molecule has 8 heteroatoms. The molecule has 0 aromatic heterocycles. The maximum Gasteiger partial charge on any atom is 0.294 e. The van der Waals surface area contributed by atoms with E-state index in [9.17, 15) is 14.9 Å². The van der Waals surface area contributed by atoms with Gasteiger partial charge in [-0.3, -0.25) is 14.9 Å². The number of amides is 1. The van der Waals surface area contributed by atoms with Crippen molar-refractivity contribution in [2.24, 2.45) is 0 Å². The lowest BCUT2D eigenvalue weighted by Gasteiger charge is -2.14. The number of likely N-dealkylation sites (N-methyl/N-ethyl adjacent to an activating group) is 1. The molecule has 0 heterocycles. The summed E-state index contributed by atoms with van der Waals surface area (Å²) in [7, 11) is 3.48. The molecule has 2 rings (SSSR count). The van der Waals surface area contributed by atoms with Crippen LogP contribution in [0, 0.1) is 10.1 Å². The highest BCUT2D eigenvalue weighted by atomic mass is 35.5. The van der Waals surface area contributed by atoms with Gasteiger partial charge in [0.1, 0.15) is 18.0 Å². The number of nitro benzene ring substituents is 1. The van der Waals surface area contributed by atoms with Crippen LogP contribution in [0.3, 0.4) is 0 Å². The number of benzene rings is 2. The first-order valence-electron chi connectivity index (χ1n) is 7.57. The van der Waals surface area contributed by atoms with Crippen LogP contribution in [0.1, 0.15) is 5.56 Å². The van der Waals surface area contributed by atoms with Gasteiger partial charge in [0.25, 0.3) is 11.6 Å². The highest BCUT2D eigenvalue weighted by molar-refractivity contribution is 6.31. The van der Waals surface area contributed by atoms with Crippen molar-refractivity contribution in [2.45, 2.75) is 6.54 Å². The Morgan fingerprint density at radius 2 is 1.96 bits per heavy atom. The number of ether oxygens (including phenoxy) is 1. The van der Waals surface area contributed by atoms with Gasteiger partial charge in [-0.25, -0.2) is 0 Å². The van der Waals surface area contributed by atoms with Crippen LogP contribution in [0.25, 0.3) is 0 Å². The first-order chi connectivity index (χ1) is 11.9. The number of hydrogen-bond donors (Lipinski definition) is 2. The molecule has 0 bridgehead atoms. The summed E-state index contributed by atoms with van der Waals surface area (Å²) in [6.45, 7) is 0.811. The van der Waals surface area contributed by atoms with Gasteiger partial charge in [-0.1, -0.05) is 11.6 Å². The van der Waals surface area contributed by atoms with Crippen LogP contribution in [-0.2, 0) is 11.3 Å². The summed E-state index contributed by atoms with van der Waals surface area (Å²) in [5.41, 5.74) is 0.967. The summed E-state index contributed by atoms with van der Waals surface area (Å²) in [5.74, 6) is 0.464. The van der Waals surface area contributed by atoms with Gasteiger partial charge in [0.15, 0.2) is 6.54 Å². The lowest BCUT2D eigenvalue weighted by Crippen LogP contribution is -3.08. The third kappa shape index (κ3) is 5.44. The van der Waals surface area contributed by atoms with Crippen molar-refractivity contribution < 1.29 is 19.4 Å². The molecule has 25 heavy (non-hydrogen) atoms. The maximum absolute atomic E-state index is 12.2. The number of nitrogens with one attached hydrogen (secondary N) is 2. The molecular formula is C17H19ClN3O4+. The minimum atomic E-state index is -0.574. The van der Waals surface area contributed by atoms with Crippen molar-refractivity contribution in [3.05, 3.63) is 63.2 Å². The van der Waals surface area contributed by atoms with Gasteiger partial charge in [-0.2, -0.15) is 0 Å². The summed E-state index contributed by atoms with van der Waals surface area (Å²) in [6, 6.07) is 11.7. The maximum atomic E-state index is 12.2. The van der Waals surface area contributed by atoms with Crippen LogP contribution in [0.5, 0.6) is 5.75 Å². The van der Waals surface area contributed by atoms with Crippen LogP contribution in [0.4, 0.5) is 11.4 Å². The molecule has 0 aliphatic carbocycles. The van der Waals surface area contributed by atoms with Crippen molar-refractivity contribution in [3.63, 3.8) is 0 Å². The standard InChI is InChI=1S/C17H18ClN3O4/c1-20(10-12-3-6-14(25-2)7-4-12)11-17(22)19-15-8-5-13(18)9-16(15)21(23)24/h3-9H,10-11H2,1-2H3,(H,19,22)/p+1. The number of carbonyl (C=O) groups excluding carboxylic acids is 1. The molecule has 0 spiro atoms. The predicted molar refractivity (Wildman–Crippen MR) is 95.2 cm³/mol. The van der Waals surface area contributed by atoms with Gasteiger partial charge in [0.2, 0.25) is 0 Å². The molecular weight excluding hydrogens is 346 g/mol. The number of rotatable bonds is 7. The van der Waals surface area contributed by atoms with E-state index in [1.807, 2.05) is 31.3 Å². The Labute approximate surface area is 150 Å². The van der Waals surface area contributed by atoms with Crippen LogP contribution >= 0.6 is 11.6 Å². The lowest BCUT2D eigenvalue weighted by molar-refractivity contribution is -0.885. The molecule has 0 aliphatic heterocycles. The van der Waals surface area contributed by atoms with Gasteiger partial charge in [-0.05, 0) is 36.4 Å². The van der Waals surface area contributed by atoms with E-state index < -0.39 is 4.92 Å². The molecule has 1 atom stereocenters. The molecule has 1 unspecified atom stereocenters. The minimum absolute atomic E-state index is 0.136. The molecule has 2 aromatic carbocycles. The largest absolute Gasteiger partial charge is 0.497 e. The first-order valence-corrected chi connectivity index (χ1v) is 7.95. The molecule has 2 N–H and O–H groups in total. The molecule has 0 aliphatic rings. The Morgan fingerprint density at radius 1 is 1.28 bits per heavy atom. The lowest BCUT2D eigenvalue weighted by atomic mass is 10.2. The molecule has 0 saturated carbocycles. The number of quaternary nitrogens is 1. The van der Waals surface area contributed by atoms with Crippen LogP contribution in [0.15, 0.2) is 42.5 Å². The zero-order valence-electron chi connectivity index (χ0n) is 13.9. The highest BCUT2D eigenvalue weighted by Crippen LogP contribution is 2.27. The number of anilines is 1. The van der Waals surface area contributed by atoms with Gasteiger partial charge < -0.3 is 15.0 Å². The van der Waals surface area contributed by atoms with E-state index in [1.165, 1.54) is 18.2 Å². The second kappa shape index (κ2) is 8.46. The van der Waals surface area contributed by atoms with Crippen molar-refractivity contribution in [2.75, 3.05) is 26.0 Å². The monoisotopic (exact) mass is 364 g/mol. The summed E-state index contributed by atoms with van der Waals surface area (Å²) in [5, 5.41) is 13.9. The van der Waals surface area contributed by atoms with Gasteiger partial charge in [0.05, 0.1) is 19.1 Å². The average Bonchev–Trinajstić information content (AvgIpc) is 2.56. The van der Waals surface area contributed by atoms with Crippen LogP contribution in [-0.4, -0.2) is 31.5 Å². The Kier molecular flexibility index (Phi) is 6.32. The summed E-state index contributed by atoms with van der Waals surface area (Å²) >= 11 is 5.76. The average molecular weight is 365 g/mol. The number of methoxy groups -OCH3 is 1. The highest BCUT2D eigenvalue weighted by Gasteiger charge is 2.18. The van der Waals surface area contributed by atoms with Gasteiger partial charge >= 0.3 is 0 Å². The quantitative estimate of drug-likeness (QED) is 0.580. The summed E-state index contributed by atoms with van der Waals surface area (Å²) in [6.07, 6.45) is 0. The molecule has 132 valence electrons. The zero-order valence-corrected chi connectivity index (χ0v) is 14.7. The predicted octanol–water partition coefficient (Wildman–Crippen LogP) is 1.91. The van der Waals surface area contributed by atoms with Gasteiger partial charge in [0, 0.05) is 16.7 Å². The third-order valence-electron chi connectivity index (χ3n) is 3.56. The van der Waals surface area contributed by atoms with Gasteiger partial charge in [-0.15, -0.1) is 0 Å². The third-order valence-corrected chi connectivity index (χ3v) is 3.79. The number of nitro groups is 1. The molecule has 0 fully saturated rings. The normalized spacial score (nSPS) is 11.6. The van der Waals surface area contributed by atoms with E-state index >= 15 is 0 Å². The van der Waals surface area contributed by atoms with Crippen molar-refractivity contribution in [1.82, 2.24) is 0 Å². The second-order valence-electron chi connectivity index (χ2n) is 5.63. The second-order valence-corrected chi connectivity index (χ2v) is 6.06. The topological polar surface area (TPSA) is 85.9 Å². The molecule has 7 nitrogen and oxygen atoms in total. The molecule has 2 aromatic rings. The Bertz CT molecular complexity index is 765. The Hall–Kier alpha value is -2.64. The number of nitrogens with zero attached hydrogens (tertiary/aromatic N) is 1. The first kappa shape index (κ1) is 18.7. The van der Waals surface area contributed by atoms with E-state index in [1.54, 1.807) is 7.11 Å². The van der Waals surface area contributed by atoms with Crippen molar-refractivity contribution >= 4 is 28.9 Å². The smallest absolute Gasteiger partial charge is 0.294 e. The van der Waals surface area contributed by atoms with E-state index in [4.69, 9.17) is 16.3 Å². The molecule has 0 saturated heterocycles. The fraction of sp³-hybridized carbons (Fsp3) is 0.235. The summed E-state index contributed by atoms with van der Waals surface area (Å²) < 4.78 is 5.11. The fourth-order valence-corrected chi connectivity index (χ4v) is 2.55. The Balaban J connectivity index is 1.96. The van der Waals surface area contributed by atoms with E-state index in [-0.39, 0.29) is 28.8 Å². The number of halogens is 1. The van der Waals surface area contributed by atoms with E-state index in [0.717, 1.165) is 16.2 Å². The van der Waals surface area contributed by atoms with Crippen LogP contribution < -0.4 is 15.0 Å². The Morgan fingerprint density at radius 3 is 2.56 bits per heavy atom. The number of carbonyl (C=O) groups is 1. The minimum Gasteiger partial charge on any atom is -0.497 e. The zero-order chi connectivity index (χ0) is 18.4.